The highest BCUT2D eigenvalue weighted by Gasteiger charge is 2.15. The first-order chi connectivity index (χ1) is 6.93. The lowest BCUT2D eigenvalue weighted by molar-refractivity contribution is 0.446. The van der Waals surface area contributed by atoms with E-state index in [1.165, 1.54) is 21.9 Å². The molecule has 15 heavy (non-hydrogen) atoms. The van der Waals surface area contributed by atoms with Gasteiger partial charge in [-0.3, -0.25) is 0 Å². The number of sulfonamides is 1. The van der Waals surface area contributed by atoms with Crippen LogP contribution >= 0.6 is 22.9 Å². The van der Waals surface area contributed by atoms with Gasteiger partial charge < -0.3 is 0 Å². The molecule has 1 aromatic heterocycles. The smallest absolute Gasteiger partial charge is 0.211 e. The summed E-state index contributed by atoms with van der Waals surface area (Å²) in [4.78, 5) is 0.923. The zero-order valence-electron chi connectivity index (χ0n) is 8.31. The monoisotopic (exact) mass is 265 g/mol. The van der Waals surface area contributed by atoms with Crippen LogP contribution in [0, 0.1) is 0 Å². The normalized spacial score (nSPS) is 11.9. The van der Waals surface area contributed by atoms with E-state index in [1.54, 1.807) is 12.1 Å². The SMILES string of the molecule is C=CCN(Cc1ccc(Cl)s1)S(C)(=O)=O. The van der Waals surface area contributed by atoms with E-state index in [0.29, 0.717) is 17.4 Å². The molecular formula is C9H12ClNO2S2. The Bertz CT molecular complexity index is 439. The molecule has 6 heteroatoms. The second-order valence-corrected chi connectivity index (χ2v) is 6.83. The average molecular weight is 266 g/mol. The van der Waals surface area contributed by atoms with E-state index in [1.807, 2.05) is 6.07 Å². The number of halogens is 1. The first-order valence-corrected chi connectivity index (χ1v) is 7.28. The summed E-state index contributed by atoms with van der Waals surface area (Å²) in [6.07, 6.45) is 2.75. The molecule has 0 saturated heterocycles. The van der Waals surface area contributed by atoms with E-state index in [2.05, 4.69) is 6.58 Å². The maximum absolute atomic E-state index is 11.4. The van der Waals surface area contributed by atoms with Crippen LogP contribution in [0.5, 0.6) is 0 Å². The van der Waals surface area contributed by atoms with Crippen molar-refractivity contribution in [1.29, 1.82) is 0 Å². The molecule has 0 aromatic carbocycles. The molecule has 3 nitrogen and oxygen atoms in total. The Morgan fingerprint density at radius 3 is 2.67 bits per heavy atom. The molecule has 0 saturated carbocycles. The summed E-state index contributed by atoms with van der Waals surface area (Å²) in [6.45, 7) is 4.20. The van der Waals surface area contributed by atoms with E-state index in [-0.39, 0.29) is 0 Å². The fourth-order valence-corrected chi connectivity index (χ4v) is 3.01. The summed E-state index contributed by atoms with van der Waals surface area (Å²) in [5.41, 5.74) is 0. The molecule has 0 radical (unpaired) electrons. The van der Waals surface area contributed by atoms with Gasteiger partial charge in [0.1, 0.15) is 0 Å². The molecule has 0 amide bonds. The molecule has 1 heterocycles. The molecule has 1 rings (SSSR count). The third-order valence-corrected chi connectivity index (χ3v) is 4.19. The summed E-state index contributed by atoms with van der Waals surface area (Å²) >= 11 is 7.15. The molecule has 0 N–H and O–H groups in total. The molecule has 0 aliphatic carbocycles. The standard InChI is InChI=1S/C9H12ClNO2S2/c1-3-6-11(15(2,12)13)7-8-4-5-9(10)14-8/h3-5H,1,6-7H2,2H3. The predicted octanol–water partition coefficient (Wildman–Crippen LogP) is 2.35. The summed E-state index contributed by atoms with van der Waals surface area (Å²) in [6, 6.07) is 3.59. The van der Waals surface area contributed by atoms with Crippen molar-refractivity contribution in [1.82, 2.24) is 4.31 Å². The quantitative estimate of drug-likeness (QED) is 0.767. The first kappa shape index (κ1) is 12.7. The van der Waals surface area contributed by atoms with Gasteiger partial charge in [0.2, 0.25) is 10.0 Å². The van der Waals surface area contributed by atoms with E-state index in [9.17, 15) is 8.42 Å². The van der Waals surface area contributed by atoms with E-state index in [0.717, 1.165) is 4.88 Å². The summed E-state index contributed by atoms with van der Waals surface area (Å²) in [5, 5.41) is 0. The van der Waals surface area contributed by atoms with Crippen LogP contribution in [0.25, 0.3) is 0 Å². The highest BCUT2D eigenvalue weighted by Crippen LogP contribution is 2.23. The first-order valence-electron chi connectivity index (χ1n) is 4.23. The van der Waals surface area contributed by atoms with Crippen LogP contribution in [-0.4, -0.2) is 25.5 Å². The van der Waals surface area contributed by atoms with E-state index < -0.39 is 10.0 Å². The topological polar surface area (TPSA) is 37.4 Å². The van der Waals surface area contributed by atoms with Crippen LogP contribution in [-0.2, 0) is 16.6 Å². The average Bonchev–Trinajstić information content (AvgIpc) is 2.49. The van der Waals surface area contributed by atoms with Crippen molar-refractivity contribution < 1.29 is 8.42 Å². The lowest BCUT2D eigenvalue weighted by atomic mass is 10.4. The Kier molecular flexibility index (Phi) is 4.33. The molecule has 0 atom stereocenters. The van der Waals surface area contributed by atoms with Gasteiger partial charge in [-0.25, -0.2) is 8.42 Å². The second kappa shape index (κ2) is 5.12. The van der Waals surface area contributed by atoms with Gasteiger partial charge in [-0.15, -0.1) is 17.9 Å². The number of nitrogens with zero attached hydrogens (tertiary/aromatic N) is 1. The van der Waals surface area contributed by atoms with Crippen molar-refractivity contribution in [2.45, 2.75) is 6.54 Å². The molecule has 0 spiro atoms. The fourth-order valence-electron chi connectivity index (χ4n) is 1.07. The lowest BCUT2D eigenvalue weighted by Gasteiger charge is -2.16. The van der Waals surface area contributed by atoms with Gasteiger partial charge in [-0.2, -0.15) is 4.31 Å². The minimum absolute atomic E-state index is 0.314. The number of rotatable bonds is 5. The molecule has 0 bridgehead atoms. The van der Waals surface area contributed by atoms with Gasteiger partial charge in [0, 0.05) is 18.0 Å². The molecule has 84 valence electrons. The Morgan fingerprint density at radius 1 is 1.60 bits per heavy atom. The van der Waals surface area contributed by atoms with E-state index in [4.69, 9.17) is 11.6 Å². The highest BCUT2D eigenvalue weighted by atomic mass is 35.5. The van der Waals surface area contributed by atoms with Crippen molar-refractivity contribution in [3.8, 4) is 0 Å². The van der Waals surface area contributed by atoms with Crippen molar-refractivity contribution in [3.05, 3.63) is 34.0 Å². The van der Waals surface area contributed by atoms with Crippen molar-refractivity contribution in [2.24, 2.45) is 0 Å². The zero-order chi connectivity index (χ0) is 11.5. The Morgan fingerprint density at radius 2 is 2.27 bits per heavy atom. The van der Waals surface area contributed by atoms with E-state index >= 15 is 0 Å². The van der Waals surface area contributed by atoms with Crippen LogP contribution in [0.1, 0.15) is 4.88 Å². The number of thiophene rings is 1. The predicted molar refractivity (Wildman–Crippen MR) is 64.8 cm³/mol. The van der Waals surface area contributed by atoms with Crippen LogP contribution in [0.15, 0.2) is 24.8 Å². The third-order valence-electron chi connectivity index (χ3n) is 1.76. The van der Waals surface area contributed by atoms with Gasteiger partial charge in [0.15, 0.2) is 0 Å². The van der Waals surface area contributed by atoms with Crippen molar-refractivity contribution in [2.75, 3.05) is 12.8 Å². The lowest BCUT2D eigenvalue weighted by Crippen LogP contribution is -2.29. The van der Waals surface area contributed by atoms with Gasteiger partial charge in [0.25, 0.3) is 0 Å². The molecule has 0 unspecified atom stereocenters. The highest BCUT2D eigenvalue weighted by molar-refractivity contribution is 7.88. The maximum Gasteiger partial charge on any atom is 0.211 e. The second-order valence-electron chi connectivity index (χ2n) is 3.05. The molecule has 0 aliphatic rings. The molecular weight excluding hydrogens is 254 g/mol. The third kappa shape index (κ3) is 3.95. The van der Waals surface area contributed by atoms with Gasteiger partial charge in [0.05, 0.1) is 10.6 Å². The van der Waals surface area contributed by atoms with Gasteiger partial charge in [-0.1, -0.05) is 17.7 Å². The zero-order valence-corrected chi connectivity index (χ0v) is 10.7. The van der Waals surface area contributed by atoms with Crippen LogP contribution in [0.3, 0.4) is 0 Å². The number of hydrogen-bond acceptors (Lipinski definition) is 3. The summed E-state index contributed by atoms with van der Waals surface area (Å²) < 4.78 is 24.8. The minimum Gasteiger partial charge on any atom is -0.212 e. The summed E-state index contributed by atoms with van der Waals surface area (Å²) in [5.74, 6) is 0. The van der Waals surface area contributed by atoms with Crippen LogP contribution in [0.2, 0.25) is 4.34 Å². The largest absolute Gasteiger partial charge is 0.212 e. The van der Waals surface area contributed by atoms with Crippen LogP contribution in [0.4, 0.5) is 0 Å². The summed E-state index contributed by atoms with van der Waals surface area (Å²) in [7, 11) is -3.19. The molecule has 1 aromatic rings. The Balaban J connectivity index is 2.80. The minimum atomic E-state index is -3.19. The van der Waals surface area contributed by atoms with Crippen molar-refractivity contribution in [3.63, 3.8) is 0 Å². The molecule has 0 aliphatic heterocycles. The molecule has 0 fully saturated rings. The Labute approximate surface area is 99.0 Å². The maximum atomic E-state index is 11.4. The van der Waals surface area contributed by atoms with Gasteiger partial charge >= 0.3 is 0 Å². The van der Waals surface area contributed by atoms with Gasteiger partial charge in [-0.05, 0) is 12.1 Å². The fraction of sp³-hybridized carbons (Fsp3) is 0.333. The number of hydrogen-bond donors (Lipinski definition) is 0. The Hall–Kier alpha value is -0.360. The van der Waals surface area contributed by atoms with Crippen LogP contribution < -0.4 is 0 Å². The van der Waals surface area contributed by atoms with Crippen molar-refractivity contribution >= 4 is 33.0 Å².